The van der Waals surface area contributed by atoms with Crippen LogP contribution in [0.25, 0.3) is 0 Å². The SMILES string of the molecule is N#C/C(=C/Nc1ccc(Nc2ccccc2)cc1)C(=O)NCc1cccnc1. The summed E-state index contributed by atoms with van der Waals surface area (Å²) >= 11 is 0. The molecule has 1 amide bonds. The molecule has 28 heavy (non-hydrogen) atoms. The van der Waals surface area contributed by atoms with Crippen molar-refractivity contribution in [1.82, 2.24) is 10.3 Å². The molecule has 0 bridgehead atoms. The van der Waals surface area contributed by atoms with Gasteiger partial charge in [-0.15, -0.1) is 0 Å². The number of hydrogen-bond donors (Lipinski definition) is 3. The van der Waals surface area contributed by atoms with E-state index in [2.05, 4.69) is 20.9 Å². The Bertz CT molecular complexity index is 977. The lowest BCUT2D eigenvalue weighted by Gasteiger charge is -2.08. The van der Waals surface area contributed by atoms with Crippen LogP contribution in [-0.4, -0.2) is 10.9 Å². The second-order valence-electron chi connectivity index (χ2n) is 5.93. The van der Waals surface area contributed by atoms with Gasteiger partial charge in [0.2, 0.25) is 0 Å². The smallest absolute Gasteiger partial charge is 0.263 e. The lowest BCUT2D eigenvalue weighted by Crippen LogP contribution is -2.24. The molecule has 3 rings (SSSR count). The first-order valence-electron chi connectivity index (χ1n) is 8.70. The number of nitrogens with one attached hydrogen (secondary N) is 3. The van der Waals surface area contributed by atoms with Gasteiger partial charge in [0.25, 0.3) is 5.91 Å². The van der Waals surface area contributed by atoms with Gasteiger partial charge in [0, 0.05) is 42.2 Å². The van der Waals surface area contributed by atoms with E-state index < -0.39 is 5.91 Å². The van der Waals surface area contributed by atoms with Gasteiger partial charge in [0.05, 0.1) is 0 Å². The third-order valence-corrected chi connectivity index (χ3v) is 3.87. The molecular formula is C22H19N5O. The van der Waals surface area contributed by atoms with E-state index in [9.17, 15) is 10.1 Å². The van der Waals surface area contributed by atoms with E-state index in [-0.39, 0.29) is 5.57 Å². The van der Waals surface area contributed by atoms with Gasteiger partial charge in [0.15, 0.2) is 0 Å². The third kappa shape index (κ3) is 5.44. The fourth-order valence-electron chi connectivity index (χ4n) is 2.42. The van der Waals surface area contributed by atoms with E-state index in [0.717, 1.165) is 22.6 Å². The molecule has 3 aromatic rings. The van der Waals surface area contributed by atoms with Crippen molar-refractivity contribution in [2.75, 3.05) is 10.6 Å². The third-order valence-electron chi connectivity index (χ3n) is 3.87. The van der Waals surface area contributed by atoms with Crippen molar-refractivity contribution in [2.45, 2.75) is 6.54 Å². The molecule has 2 aromatic carbocycles. The van der Waals surface area contributed by atoms with Gasteiger partial charge in [-0.2, -0.15) is 5.26 Å². The Morgan fingerprint density at radius 2 is 1.68 bits per heavy atom. The number of amides is 1. The van der Waals surface area contributed by atoms with Crippen LogP contribution in [-0.2, 0) is 11.3 Å². The van der Waals surface area contributed by atoms with E-state index in [0.29, 0.717) is 6.54 Å². The lowest BCUT2D eigenvalue weighted by molar-refractivity contribution is -0.117. The second kappa shape index (κ2) is 9.55. The van der Waals surface area contributed by atoms with Crippen LogP contribution >= 0.6 is 0 Å². The number of benzene rings is 2. The van der Waals surface area contributed by atoms with Gasteiger partial charge < -0.3 is 16.0 Å². The Morgan fingerprint density at radius 3 is 2.36 bits per heavy atom. The molecule has 0 radical (unpaired) electrons. The van der Waals surface area contributed by atoms with Crippen molar-refractivity contribution in [2.24, 2.45) is 0 Å². The van der Waals surface area contributed by atoms with Crippen LogP contribution in [0.4, 0.5) is 17.1 Å². The lowest BCUT2D eigenvalue weighted by atomic mass is 10.2. The number of pyridine rings is 1. The zero-order chi connectivity index (χ0) is 19.6. The normalized spacial score (nSPS) is 10.6. The van der Waals surface area contributed by atoms with E-state index >= 15 is 0 Å². The van der Waals surface area contributed by atoms with Gasteiger partial charge in [-0.25, -0.2) is 0 Å². The zero-order valence-corrected chi connectivity index (χ0v) is 15.1. The molecule has 1 heterocycles. The van der Waals surface area contributed by atoms with Crippen molar-refractivity contribution < 1.29 is 4.79 Å². The minimum Gasteiger partial charge on any atom is -0.360 e. The first kappa shape index (κ1) is 18.7. The summed E-state index contributed by atoms with van der Waals surface area (Å²) in [6.45, 7) is 0.311. The first-order valence-corrected chi connectivity index (χ1v) is 8.70. The molecule has 0 aliphatic rings. The average Bonchev–Trinajstić information content (AvgIpc) is 2.75. The number of nitriles is 1. The monoisotopic (exact) mass is 369 g/mol. The topological polar surface area (TPSA) is 89.8 Å². The number of para-hydroxylation sites is 1. The van der Waals surface area contributed by atoms with Gasteiger partial charge in [-0.3, -0.25) is 9.78 Å². The summed E-state index contributed by atoms with van der Waals surface area (Å²) in [5.41, 5.74) is 3.57. The summed E-state index contributed by atoms with van der Waals surface area (Å²) in [5.74, 6) is -0.443. The minimum absolute atomic E-state index is 0.00428. The predicted molar refractivity (Wildman–Crippen MR) is 110 cm³/mol. The molecule has 0 fully saturated rings. The molecule has 0 saturated carbocycles. The number of carbonyl (C=O) groups is 1. The molecule has 6 nitrogen and oxygen atoms in total. The molecule has 0 aliphatic carbocycles. The van der Waals surface area contributed by atoms with E-state index in [1.807, 2.05) is 66.7 Å². The number of nitrogens with zero attached hydrogens (tertiary/aromatic N) is 2. The highest BCUT2D eigenvalue weighted by atomic mass is 16.1. The standard InChI is InChI=1S/C22H19N5O/c23-13-18(22(28)26-15-17-5-4-12-24-14-17)16-25-19-8-10-21(11-9-19)27-20-6-2-1-3-7-20/h1-12,14,16,25,27H,15H2,(H,26,28)/b18-16-. The maximum absolute atomic E-state index is 12.2. The highest BCUT2D eigenvalue weighted by Gasteiger charge is 2.08. The van der Waals surface area contributed by atoms with Crippen molar-refractivity contribution in [1.29, 1.82) is 5.26 Å². The summed E-state index contributed by atoms with van der Waals surface area (Å²) in [5, 5.41) is 18.2. The molecule has 0 saturated heterocycles. The van der Waals surface area contributed by atoms with Gasteiger partial charge >= 0.3 is 0 Å². The molecule has 0 atom stereocenters. The van der Waals surface area contributed by atoms with Crippen LogP contribution in [0.5, 0.6) is 0 Å². The Morgan fingerprint density at radius 1 is 0.964 bits per heavy atom. The maximum Gasteiger partial charge on any atom is 0.263 e. The van der Waals surface area contributed by atoms with E-state index in [4.69, 9.17) is 0 Å². The van der Waals surface area contributed by atoms with Crippen LogP contribution in [0.3, 0.4) is 0 Å². The number of aromatic nitrogens is 1. The summed E-state index contributed by atoms with van der Waals surface area (Å²) in [4.78, 5) is 16.1. The Labute approximate surface area is 163 Å². The molecule has 0 unspecified atom stereocenters. The van der Waals surface area contributed by atoms with Gasteiger partial charge in [0.1, 0.15) is 11.6 Å². The molecule has 0 aliphatic heterocycles. The number of carbonyl (C=O) groups excluding carboxylic acids is 1. The molecule has 138 valence electrons. The van der Waals surface area contributed by atoms with E-state index in [1.54, 1.807) is 18.5 Å². The molecule has 1 aromatic heterocycles. The van der Waals surface area contributed by atoms with Crippen molar-refractivity contribution >= 4 is 23.0 Å². The largest absolute Gasteiger partial charge is 0.360 e. The second-order valence-corrected chi connectivity index (χ2v) is 5.93. The number of rotatable bonds is 7. The van der Waals surface area contributed by atoms with Crippen molar-refractivity contribution in [3.8, 4) is 6.07 Å². The minimum atomic E-state index is -0.443. The summed E-state index contributed by atoms with van der Waals surface area (Å²) in [6.07, 6.45) is 4.73. The Balaban J connectivity index is 1.56. The summed E-state index contributed by atoms with van der Waals surface area (Å²) in [6, 6.07) is 23.0. The van der Waals surface area contributed by atoms with Crippen molar-refractivity contribution in [3.05, 3.63) is 96.5 Å². The van der Waals surface area contributed by atoms with Gasteiger partial charge in [-0.05, 0) is 48.0 Å². The fraction of sp³-hybridized carbons (Fsp3) is 0.0455. The highest BCUT2D eigenvalue weighted by Crippen LogP contribution is 2.18. The molecular weight excluding hydrogens is 350 g/mol. The van der Waals surface area contributed by atoms with Crippen LogP contribution < -0.4 is 16.0 Å². The highest BCUT2D eigenvalue weighted by molar-refractivity contribution is 5.97. The van der Waals surface area contributed by atoms with Crippen LogP contribution in [0.15, 0.2) is 90.9 Å². The van der Waals surface area contributed by atoms with Gasteiger partial charge in [-0.1, -0.05) is 24.3 Å². The Hall–Kier alpha value is -4.11. The van der Waals surface area contributed by atoms with Crippen LogP contribution in [0.2, 0.25) is 0 Å². The number of hydrogen-bond acceptors (Lipinski definition) is 5. The molecule has 6 heteroatoms. The van der Waals surface area contributed by atoms with E-state index in [1.165, 1.54) is 6.20 Å². The predicted octanol–water partition coefficient (Wildman–Crippen LogP) is 3.96. The van der Waals surface area contributed by atoms with Crippen molar-refractivity contribution in [3.63, 3.8) is 0 Å². The first-order chi connectivity index (χ1) is 13.7. The summed E-state index contributed by atoms with van der Waals surface area (Å²) < 4.78 is 0. The quantitative estimate of drug-likeness (QED) is 0.433. The molecule has 3 N–H and O–H groups in total. The number of anilines is 3. The zero-order valence-electron chi connectivity index (χ0n) is 15.1. The molecule has 0 spiro atoms. The fourth-order valence-corrected chi connectivity index (χ4v) is 2.42. The Kier molecular flexibility index (Phi) is 6.37. The van der Waals surface area contributed by atoms with Crippen LogP contribution in [0, 0.1) is 11.3 Å². The average molecular weight is 369 g/mol. The van der Waals surface area contributed by atoms with Crippen LogP contribution in [0.1, 0.15) is 5.56 Å². The summed E-state index contributed by atoms with van der Waals surface area (Å²) in [7, 11) is 0. The maximum atomic E-state index is 12.2.